The number of fused-ring (bicyclic) bond motifs is 5. The first-order chi connectivity index (χ1) is 16.2. The molecule has 2 saturated heterocycles. The number of amides is 4. The second-order valence-electron chi connectivity index (χ2n) is 9.06. The summed E-state index contributed by atoms with van der Waals surface area (Å²) in [6.45, 7) is 5.50. The van der Waals surface area contributed by atoms with E-state index in [2.05, 4.69) is 20.9 Å². The Hall–Kier alpha value is -3.80. The van der Waals surface area contributed by atoms with Crippen LogP contribution in [0.2, 0.25) is 0 Å². The molecule has 3 atom stereocenters. The Kier molecular flexibility index (Phi) is 4.19. The van der Waals surface area contributed by atoms with Gasteiger partial charge in [-0.2, -0.15) is 0 Å². The van der Waals surface area contributed by atoms with Crippen LogP contribution >= 0.6 is 0 Å². The summed E-state index contributed by atoms with van der Waals surface area (Å²) in [6, 6.07) is 1.56. The van der Waals surface area contributed by atoms with Crippen molar-refractivity contribution in [2.45, 2.75) is 45.4 Å². The molecule has 3 aliphatic heterocycles. The molecule has 0 aliphatic carbocycles. The van der Waals surface area contributed by atoms with Crippen LogP contribution in [-0.4, -0.2) is 53.0 Å². The van der Waals surface area contributed by atoms with Crippen LogP contribution in [0.1, 0.15) is 25.2 Å². The van der Waals surface area contributed by atoms with Crippen LogP contribution in [0.25, 0.3) is 22.4 Å². The summed E-state index contributed by atoms with van der Waals surface area (Å²) in [5, 5.41) is 12.7. The number of carbonyl (C=O) groups is 3. The quantitative estimate of drug-likeness (QED) is 0.511. The summed E-state index contributed by atoms with van der Waals surface area (Å²) in [5.41, 5.74) is -0.493. The molecule has 12 heteroatoms. The first-order valence-corrected chi connectivity index (χ1v) is 10.8. The second-order valence-corrected chi connectivity index (χ2v) is 9.06. The normalized spacial score (nSPS) is 25.8. The van der Waals surface area contributed by atoms with E-state index >= 15 is 4.39 Å². The Morgan fingerprint density at radius 2 is 1.85 bits per heavy atom. The van der Waals surface area contributed by atoms with Gasteiger partial charge in [0.05, 0.1) is 29.3 Å². The van der Waals surface area contributed by atoms with Gasteiger partial charge in [-0.15, -0.1) is 0 Å². The summed E-state index contributed by atoms with van der Waals surface area (Å²) >= 11 is 0. The number of hydrogen-bond donors (Lipinski definition) is 2. The van der Waals surface area contributed by atoms with Crippen molar-refractivity contribution in [3.05, 3.63) is 29.3 Å². The molecule has 2 fully saturated rings. The van der Waals surface area contributed by atoms with Crippen LogP contribution in [0.5, 0.6) is 0 Å². The molecule has 11 nitrogen and oxygen atoms in total. The number of barbiturate groups is 1. The molecule has 4 amide bonds. The maximum absolute atomic E-state index is 16.0. The lowest BCUT2D eigenvalue weighted by Crippen LogP contribution is -2.75. The first kappa shape index (κ1) is 20.8. The predicted octanol–water partition coefficient (Wildman–Crippen LogP) is 1.82. The lowest BCUT2D eigenvalue weighted by molar-refractivity contribution is -0.153. The van der Waals surface area contributed by atoms with Crippen LogP contribution in [0.3, 0.4) is 0 Å². The number of nitrogens with zero attached hydrogens (tertiary/aromatic N) is 3. The van der Waals surface area contributed by atoms with Crippen molar-refractivity contribution < 1.29 is 32.6 Å². The maximum Gasteiger partial charge on any atom is 0.328 e. The highest BCUT2D eigenvalue weighted by Gasteiger charge is 2.63. The molecule has 0 saturated carbocycles. The van der Waals surface area contributed by atoms with Crippen LogP contribution < -0.4 is 15.5 Å². The van der Waals surface area contributed by atoms with E-state index in [0.717, 1.165) is 0 Å². The van der Waals surface area contributed by atoms with Crippen molar-refractivity contribution in [2.75, 3.05) is 11.4 Å². The minimum Gasteiger partial charge on any atom is -0.372 e. The third kappa shape index (κ3) is 2.62. The van der Waals surface area contributed by atoms with Crippen LogP contribution in [0.15, 0.2) is 21.2 Å². The Morgan fingerprint density at radius 3 is 2.53 bits per heavy atom. The van der Waals surface area contributed by atoms with Crippen molar-refractivity contribution in [1.29, 1.82) is 0 Å². The van der Waals surface area contributed by atoms with Gasteiger partial charge in [-0.3, -0.25) is 20.2 Å². The number of imide groups is 2. The van der Waals surface area contributed by atoms with Crippen molar-refractivity contribution >= 4 is 34.5 Å². The van der Waals surface area contributed by atoms with Crippen LogP contribution in [-0.2, 0) is 20.7 Å². The number of benzene rings is 1. The number of aryl methyl sites for hydroxylation is 1. The number of carbonyl (C=O) groups excluding carboxylic acids is 3. The van der Waals surface area contributed by atoms with E-state index in [9.17, 15) is 14.4 Å². The van der Waals surface area contributed by atoms with Gasteiger partial charge in [0, 0.05) is 19.0 Å². The molecule has 0 bridgehead atoms. The van der Waals surface area contributed by atoms with E-state index < -0.39 is 41.2 Å². The highest BCUT2D eigenvalue weighted by Crippen LogP contribution is 2.49. The number of aromatic nitrogens is 2. The van der Waals surface area contributed by atoms with Crippen molar-refractivity contribution in [2.24, 2.45) is 5.41 Å². The third-order valence-corrected chi connectivity index (χ3v) is 6.84. The van der Waals surface area contributed by atoms with Gasteiger partial charge < -0.3 is 18.7 Å². The Morgan fingerprint density at radius 1 is 1.12 bits per heavy atom. The van der Waals surface area contributed by atoms with Gasteiger partial charge in [-0.05, 0) is 32.4 Å². The largest absolute Gasteiger partial charge is 0.372 e. The van der Waals surface area contributed by atoms with E-state index in [-0.39, 0.29) is 36.0 Å². The number of urea groups is 1. The number of morpholine rings is 1. The molecule has 1 spiro atoms. The van der Waals surface area contributed by atoms with Gasteiger partial charge in [0.15, 0.2) is 11.2 Å². The summed E-state index contributed by atoms with van der Waals surface area (Å²) < 4.78 is 32.4. The van der Waals surface area contributed by atoms with E-state index in [0.29, 0.717) is 22.4 Å². The molecule has 0 unspecified atom stereocenters. The smallest absolute Gasteiger partial charge is 0.328 e. The van der Waals surface area contributed by atoms with Crippen molar-refractivity contribution in [3.63, 3.8) is 0 Å². The van der Waals surface area contributed by atoms with Crippen molar-refractivity contribution in [3.8, 4) is 11.4 Å². The summed E-state index contributed by atoms with van der Waals surface area (Å²) in [6.07, 6.45) is -1.06. The Labute approximate surface area is 191 Å². The van der Waals surface area contributed by atoms with Crippen LogP contribution in [0, 0.1) is 18.2 Å². The fraction of sp³-hybridized carbons (Fsp3) is 0.409. The molecule has 5 heterocycles. The highest BCUT2D eigenvalue weighted by molar-refractivity contribution is 6.20. The standard InChI is InChI=1S/C22H20FN5O6/c1-8-4-13(26-33-8)15-12-5-11-6-22(19(29)24-21(31)25-20(22)30)18-10(3)32-9(2)7-28(18)16(11)14(23)17(12)34-27-15/h4-5,9-10,18H,6-7H2,1-3H3,(H2,24,25,29,30,31)/t9-,10+,18-/m0/s1. The minimum atomic E-state index is -1.71. The van der Waals surface area contributed by atoms with Gasteiger partial charge in [0.2, 0.25) is 17.4 Å². The van der Waals surface area contributed by atoms with Crippen LogP contribution in [0.4, 0.5) is 14.9 Å². The summed E-state index contributed by atoms with van der Waals surface area (Å²) in [7, 11) is 0. The number of ether oxygens (including phenoxy) is 1. The maximum atomic E-state index is 16.0. The zero-order valence-corrected chi connectivity index (χ0v) is 18.5. The fourth-order valence-electron chi connectivity index (χ4n) is 5.61. The zero-order chi connectivity index (χ0) is 23.9. The average molecular weight is 469 g/mol. The number of hydrogen-bond acceptors (Lipinski definition) is 9. The first-order valence-electron chi connectivity index (χ1n) is 10.8. The van der Waals surface area contributed by atoms with E-state index in [1.54, 1.807) is 30.9 Å². The van der Waals surface area contributed by atoms with Crippen molar-refractivity contribution in [1.82, 2.24) is 20.9 Å². The molecule has 3 aliphatic rings. The average Bonchev–Trinajstić information content (AvgIpc) is 3.37. The number of rotatable bonds is 1. The monoisotopic (exact) mass is 469 g/mol. The SMILES string of the molecule is Cc1cc(-c2noc3c(F)c4c(cc23)CC2(C(=O)NC(=O)NC2=O)[C@@H]2[C@@H](C)O[C@@H](C)CN42)no1. The molecule has 2 N–H and O–H groups in total. The molecule has 1 aromatic carbocycles. The minimum absolute atomic E-state index is 0.0661. The molecule has 3 aromatic rings. The van der Waals surface area contributed by atoms with E-state index in [1.165, 1.54) is 0 Å². The Balaban J connectivity index is 1.60. The topological polar surface area (TPSA) is 140 Å². The van der Waals surface area contributed by atoms with Gasteiger partial charge in [-0.1, -0.05) is 10.3 Å². The number of anilines is 1. The van der Waals surface area contributed by atoms with E-state index in [1.807, 2.05) is 6.92 Å². The molecule has 2 aromatic heterocycles. The lowest BCUT2D eigenvalue weighted by atomic mass is 9.66. The fourth-order valence-corrected chi connectivity index (χ4v) is 5.61. The van der Waals surface area contributed by atoms with E-state index in [4.69, 9.17) is 13.8 Å². The van der Waals surface area contributed by atoms with Gasteiger partial charge in [-0.25, -0.2) is 9.18 Å². The Bertz CT molecular complexity index is 1380. The third-order valence-electron chi connectivity index (χ3n) is 6.84. The predicted molar refractivity (Wildman–Crippen MR) is 113 cm³/mol. The molecule has 176 valence electrons. The molecular formula is C22H20FN5O6. The van der Waals surface area contributed by atoms with Gasteiger partial charge >= 0.3 is 6.03 Å². The lowest BCUT2D eigenvalue weighted by Gasteiger charge is -2.55. The van der Waals surface area contributed by atoms with Gasteiger partial charge in [0.25, 0.3) is 0 Å². The highest BCUT2D eigenvalue weighted by atomic mass is 19.1. The summed E-state index contributed by atoms with van der Waals surface area (Å²) in [5.74, 6) is -1.60. The zero-order valence-electron chi connectivity index (χ0n) is 18.5. The molecule has 6 rings (SSSR count). The molecule has 34 heavy (non-hydrogen) atoms. The second kappa shape index (κ2) is 6.86. The summed E-state index contributed by atoms with van der Waals surface area (Å²) in [4.78, 5) is 40.0. The molecule has 0 radical (unpaired) electrons. The van der Waals surface area contributed by atoms with Gasteiger partial charge in [0.1, 0.15) is 17.1 Å². The molecular weight excluding hydrogens is 449 g/mol. The number of halogens is 1. The number of nitrogens with one attached hydrogen (secondary N) is 2.